The van der Waals surface area contributed by atoms with Gasteiger partial charge in [-0.2, -0.15) is 0 Å². The number of fused-ring (bicyclic) bond motifs is 1. The molecule has 4 nitrogen and oxygen atoms in total. The summed E-state index contributed by atoms with van der Waals surface area (Å²) in [5.41, 5.74) is 6.69. The molecule has 0 bridgehead atoms. The first kappa shape index (κ1) is 12.6. The lowest BCUT2D eigenvalue weighted by Gasteiger charge is -2.12. The van der Waals surface area contributed by atoms with Crippen LogP contribution in [0, 0.1) is 0 Å². The average molecular weight is 245 g/mol. The van der Waals surface area contributed by atoms with Crippen LogP contribution in [0.4, 0.5) is 5.69 Å². The molecule has 1 heterocycles. The maximum atomic E-state index is 5.93. The van der Waals surface area contributed by atoms with Crippen molar-refractivity contribution < 1.29 is 4.74 Å². The summed E-state index contributed by atoms with van der Waals surface area (Å²) in [5.74, 6) is 0.853. The van der Waals surface area contributed by atoms with Crippen molar-refractivity contribution in [2.75, 3.05) is 33.0 Å². The minimum Gasteiger partial charge on any atom is -0.493 e. The second-order valence-corrected chi connectivity index (χ2v) is 4.58. The summed E-state index contributed by atoms with van der Waals surface area (Å²) in [5, 5.41) is 1.97. The van der Waals surface area contributed by atoms with E-state index in [0.29, 0.717) is 6.61 Å². The van der Waals surface area contributed by atoms with E-state index in [1.807, 2.05) is 18.2 Å². The molecule has 0 aliphatic rings. The summed E-state index contributed by atoms with van der Waals surface area (Å²) in [6.07, 6.45) is 4.54. The number of aromatic nitrogens is 1. The van der Waals surface area contributed by atoms with Gasteiger partial charge in [-0.25, -0.2) is 0 Å². The molecule has 2 rings (SSSR count). The zero-order valence-electron chi connectivity index (χ0n) is 10.9. The van der Waals surface area contributed by atoms with Gasteiger partial charge >= 0.3 is 0 Å². The number of hydrogen-bond acceptors (Lipinski definition) is 4. The van der Waals surface area contributed by atoms with Crippen molar-refractivity contribution in [2.45, 2.75) is 6.42 Å². The van der Waals surface area contributed by atoms with Crippen molar-refractivity contribution in [1.29, 1.82) is 0 Å². The van der Waals surface area contributed by atoms with Gasteiger partial charge in [-0.05, 0) is 38.7 Å². The highest BCUT2D eigenvalue weighted by Crippen LogP contribution is 2.29. The minimum absolute atomic E-state index is 0.700. The zero-order chi connectivity index (χ0) is 13.0. The molecule has 18 heavy (non-hydrogen) atoms. The Morgan fingerprint density at radius 1 is 1.22 bits per heavy atom. The van der Waals surface area contributed by atoms with Crippen LogP contribution in [-0.2, 0) is 0 Å². The van der Waals surface area contributed by atoms with Gasteiger partial charge in [-0.1, -0.05) is 0 Å². The van der Waals surface area contributed by atoms with E-state index in [0.717, 1.165) is 35.2 Å². The van der Waals surface area contributed by atoms with Gasteiger partial charge < -0.3 is 15.4 Å². The van der Waals surface area contributed by atoms with Gasteiger partial charge in [0.05, 0.1) is 6.61 Å². The molecule has 0 saturated carbocycles. The van der Waals surface area contributed by atoms with Gasteiger partial charge in [0.25, 0.3) is 0 Å². The van der Waals surface area contributed by atoms with Crippen LogP contribution in [0.25, 0.3) is 10.8 Å². The van der Waals surface area contributed by atoms with Crippen LogP contribution >= 0.6 is 0 Å². The maximum absolute atomic E-state index is 5.93. The molecule has 4 heteroatoms. The predicted molar refractivity (Wildman–Crippen MR) is 74.8 cm³/mol. The molecule has 0 spiro atoms. The van der Waals surface area contributed by atoms with Gasteiger partial charge in [0.1, 0.15) is 5.75 Å². The monoisotopic (exact) mass is 245 g/mol. The Labute approximate surface area is 107 Å². The molecule has 2 N–H and O–H groups in total. The zero-order valence-corrected chi connectivity index (χ0v) is 10.9. The normalized spacial score (nSPS) is 11.1. The number of anilines is 1. The van der Waals surface area contributed by atoms with Crippen LogP contribution in [0.15, 0.2) is 30.6 Å². The lowest BCUT2D eigenvalue weighted by Crippen LogP contribution is -2.15. The fourth-order valence-electron chi connectivity index (χ4n) is 1.88. The van der Waals surface area contributed by atoms with Crippen molar-refractivity contribution in [2.24, 2.45) is 0 Å². The number of benzene rings is 1. The van der Waals surface area contributed by atoms with Crippen LogP contribution < -0.4 is 10.5 Å². The summed E-state index contributed by atoms with van der Waals surface area (Å²) in [6.45, 7) is 1.72. The molecule has 96 valence electrons. The molecule has 0 fully saturated rings. The summed E-state index contributed by atoms with van der Waals surface area (Å²) >= 11 is 0. The topological polar surface area (TPSA) is 51.4 Å². The predicted octanol–water partition coefficient (Wildman–Crippen LogP) is 2.15. The van der Waals surface area contributed by atoms with Crippen LogP contribution in [0.2, 0.25) is 0 Å². The number of hydrogen-bond donors (Lipinski definition) is 1. The third-order valence-corrected chi connectivity index (χ3v) is 2.82. The Kier molecular flexibility index (Phi) is 3.99. The number of nitrogens with zero attached hydrogens (tertiary/aromatic N) is 2. The third kappa shape index (κ3) is 2.90. The molecule has 0 radical (unpaired) electrons. The third-order valence-electron chi connectivity index (χ3n) is 2.82. The molecule has 1 aromatic heterocycles. The van der Waals surface area contributed by atoms with E-state index in [1.165, 1.54) is 0 Å². The Hall–Kier alpha value is -1.81. The fourth-order valence-corrected chi connectivity index (χ4v) is 1.88. The molecule has 0 aliphatic carbocycles. The quantitative estimate of drug-likeness (QED) is 0.647. The van der Waals surface area contributed by atoms with E-state index < -0.39 is 0 Å². The van der Waals surface area contributed by atoms with Crippen molar-refractivity contribution in [1.82, 2.24) is 9.88 Å². The lowest BCUT2D eigenvalue weighted by atomic mass is 10.1. The van der Waals surface area contributed by atoms with E-state index in [-0.39, 0.29) is 0 Å². The minimum atomic E-state index is 0.700. The van der Waals surface area contributed by atoms with Crippen LogP contribution in [0.5, 0.6) is 5.75 Å². The Morgan fingerprint density at radius 3 is 2.83 bits per heavy atom. The maximum Gasteiger partial charge on any atom is 0.128 e. The van der Waals surface area contributed by atoms with E-state index in [4.69, 9.17) is 10.5 Å². The van der Waals surface area contributed by atoms with Gasteiger partial charge in [0.2, 0.25) is 0 Å². The smallest absolute Gasteiger partial charge is 0.128 e. The van der Waals surface area contributed by atoms with Crippen molar-refractivity contribution in [3.8, 4) is 5.75 Å². The van der Waals surface area contributed by atoms with Crippen molar-refractivity contribution in [3.63, 3.8) is 0 Å². The van der Waals surface area contributed by atoms with Crippen molar-refractivity contribution in [3.05, 3.63) is 30.6 Å². The average Bonchev–Trinajstić information content (AvgIpc) is 2.37. The molecule has 0 atom stereocenters. The van der Waals surface area contributed by atoms with Gasteiger partial charge in [0, 0.05) is 35.4 Å². The van der Waals surface area contributed by atoms with Crippen molar-refractivity contribution >= 4 is 16.5 Å². The Bertz CT molecular complexity index is 525. The van der Waals surface area contributed by atoms with E-state index in [9.17, 15) is 0 Å². The molecule has 1 aromatic carbocycles. The first-order chi connectivity index (χ1) is 8.68. The molecule has 0 aliphatic heterocycles. The van der Waals surface area contributed by atoms with E-state index >= 15 is 0 Å². The van der Waals surface area contributed by atoms with E-state index in [1.54, 1.807) is 12.4 Å². The van der Waals surface area contributed by atoms with Crippen LogP contribution in [-0.4, -0.2) is 37.1 Å². The molecular formula is C14H19N3O. The molecule has 0 saturated heterocycles. The lowest BCUT2D eigenvalue weighted by molar-refractivity contribution is 0.284. The SMILES string of the molecule is CN(C)CCCOc1ccc(N)c2ccncc12. The summed E-state index contributed by atoms with van der Waals surface area (Å²) in [6, 6.07) is 5.70. The largest absolute Gasteiger partial charge is 0.493 e. The summed E-state index contributed by atoms with van der Waals surface area (Å²) in [4.78, 5) is 6.27. The highest BCUT2D eigenvalue weighted by Gasteiger charge is 2.04. The highest BCUT2D eigenvalue weighted by molar-refractivity contribution is 5.96. The first-order valence-corrected chi connectivity index (χ1v) is 6.08. The van der Waals surface area contributed by atoms with Crippen LogP contribution in [0.3, 0.4) is 0 Å². The number of rotatable bonds is 5. The summed E-state index contributed by atoms with van der Waals surface area (Å²) in [7, 11) is 4.12. The van der Waals surface area contributed by atoms with Gasteiger partial charge in [-0.3, -0.25) is 4.98 Å². The second kappa shape index (κ2) is 5.69. The second-order valence-electron chi connectivity index (χ2n) is 4.58. The summed E-state index contributed by atoms with van der Waals surface area (Å²) < 4.78 is 5.80. The number of ether oxygens (including phenoxy) is 1. The van der Waals surface area contributed by atoms with Crippen LogP contribution in [0.1, 0.15) is 6.42 Å². The molecule has 2 aromatic rings. The molecule has 0 unspecified atom stereocenters. The standard InChI is InChI=1S/C14H19N3O/c1-17(2)8-3-9-18-14-5-4-13(15)11-6-7-16-10-12(11)14/h4-7,10H,3,8-9,15H2,1-2H3. The first-order valence-electron chi connectivity index (χ1n) is 6.08. The number of nitrogens with two attached hydrogens (primary N) is 1. The highest BCUT2D eigenvalue weighted by atomic mass is 16.5. The molecule has 0 amide bonds. The fraction of sp³-hybridized carbons (Fsp3) is 0.357. The van der Waals surface area contributed by atoms with E-state index in [2.05, 4.69) is 24.0 Å². The van der Waals surface area contributed by atoms with Gasteiger partial charge in [-0.15, -0.1) is 0 Å². The molecular weight excluding hydrogens is 226 g/mol. The number of pyridine rings is 1. The van der Waals surface area contributed by atoms with Gasteiger partial charge in [0.15, 0.2) is 0 Å². The Morgan fingerprint density at radius 2 is 2.06 bits per heavy atom. The Balaban J connectivity index is 2.11. The number of nitrogen functional groups attached to an aromatic ring is 1.